The van der Waals surface area contributed by atoms with Crippen molar-refractivity contribution in [3.8, 4) is 0 Å². The molecule has 0 aliphatic carbocycles. The smallest absolute Gasteiger partial charge is 0.171 e. The van der Waals surface area contributed by atoms with Crippen LogP contribution in [0.1, 0.15) is 0 Å². The van der Waals surface area contributed by atoms with Crippen LogP contribution in [-0.4, -0.2) is 11.7 Å². The SMILES string of the molecule is C=CCNC(=S)Nc1ccc(Br)c(Cl)c1. The molecule has 80 valence electrons. The van der Waals surface area contributed by atoms with Gasteiger partial charge in [0.05, 0.1) is 5.02 Å². The summed E-state index contributed by atoms with van der Waals surface area (Å²) in [4.78, 5) is 0. The molecular weight excluding hydrogens is 296 g/mol. The predicted octanol–water partition coefficient (Wildman–Crippen LogP) is 3.57. The van der Waals surface area contributed by atoms with Crippen LogP contribution in [0.3, 0.4) is 0 Å². The minimum absolute atomic E-state index is 0.549. The molecule has 0 aliphatic rings. The van der Waals surface area contributed by atoms with Crippen molar-refractivity contribution in [2.75, 3.05) is 11.9 Å². The summed E-state index contributed by atoms with van der Waals surface area (Å²) in [7, 11) is 0. The van der Waals surface area contributed by atoms with Gasteiger partial charge in [0.1, 0.15) is 0 Å². The van der Waals surface area contributed by atoms with E-state index in [1.165, 1.54) is 0 Å². The highest BCUT2D eigenvalue weighted by molar-refractivity contribution is 9.10. The Labute approximate surface area is 108 Å². The van der Waals surface area contributed by atoms with Crippen molar-refractivity contribution in [1.29, 1.82) is 0 Å². The van der Waals surface area contributed by atoms with E-state index < -0.39 is 0 Å². The molecule has 0 saturated carbocycles. The summed E-state index contributed by atoms with van der Waals surface area (Å²) >= 11 is 14.3. The third-order valence-electron chi connectivity index (χ3n) is 1.58. The van der Waals surface area contributed by atoms with Gasteiger partial charge in [-0.2, -0.15) is 0 Å². The molecule has 0 amide bonds. The Kier molecular flexibility index (Phi) is 5.08. The minimum Gasteiger partial charge on any atom is -0.359 e. The van der Waals surface area contributed by atoms with Crippen molar-refractivity contribution >= 4 is 50.5 Å². The Morgan fingerprint density at radius 3 is 2.93 bits per heavy atom. The second kappa shape index (κ2) is 6.10. The van der Waals surface area contributed by atoms with Crippen LogP contribution in [0.2, 0.25) is 5.02 Å². The first-order valence-corrected chi connectivity index (χ1v) is 5.82. The molecule has 2 N–H and O–H groups in total. The average molecular weight is 306 g/mol. The molecule has 15 heavy (non-hydrogen) atoms. The minimum atomic E-state index is 0.549. The van der Waals surface area contributed by atoms with Crippen LogP contribution < -0.4 is 10.6 Å². The van der Waals surface area contributed by atoms with Crippen LogP contribution in [0.25, 0.3) is 0 Å². The quantitative estimate of drug-likeness (QED) is 0.659. The second-order valence-electron chi connectivity index (χ2n) is 2.75. The highest BCUT2D eigenvalue weighted by atomic mass is 79.9. The first-order chi connectivity index (χ1) is 7.13. The molecule has 0 radical (unpaired) electrons. The summed E-state index contributed by atoms with van der Waals surface area (Å²) in [5.74, 6) is 0. The highest BCUT2D eigenvalue weighted by Gasteiger charge is 2.00. The van der Waals surface area contributed by atoms with Crippen molar-refractivity contribution in [2.24, 2.45) is 0 Å². The van der Waals surface area contributed by atoms with Gasteiger partial charge in [-0.3, -0.25) is 0 Å². The molecule has 1 aromatic carbocycles. The highest BCUT2D eigenvalue weighted by Crippen LogP contribution is 2.25. The fraction of sp³-hybridized carbons (Fsp3) is 0.100. The van der Waals surface area contributed by atoms with Crippen molar-refractivity contribution in [3.63, 3.8) is 0 Å². The van der Waals surface area contributed by atoms with Crippen molar-refractivity contribution in [3.05, 3.63) is 40.3 Å². The van der Waals surface area contributed by atoms with Crippen molar-refractivity contribution in [2.45, 2.75) is 0 Å². The molecule has 0 atom stereocenters. The van der Waals surface area contributed by atoms with Gasteiger partial charge in [-0.1, -0.05) is 17.7 Å². The third-order valence-corrected chi connectivity index (χ3v) is 3.06. The number of halogens is 2. The number of nitrogens with one attached hydrogen (secondary N) is 2. The second-order valence-corrected chi connectivity index (χ2v) is 4.42. The van der Waals surface area contributed by atoms with Crippen LogP contribution in [0.4, 0.5) is 5.69 Å². The Balaban J connectivity index is 2.60. The standard InChI is InChI=1S/C10H10BrClN2S/c1-2-5-13-10(15)14-7-3-4-8(11)9(12)6-7/h2-4,6H,1,5H2,(H2,13,14,15). The monoisotopic (exact) mass is 304 g/mol. The Bertz CT molecular complexity index is 382. The Morgan fingerprint density at radius 2 is 2.33 bits per heavy atom. The molecule has 0 heterocycles. The number of anilines is 1. The zero-order valence-corrected chi connectivity index (χ0v) is 11.0. The first-order valence-electron chi connectivity index (χ1n) is 4.24. The van der Waals surface area contributed by atoms with E-state index in [4.69, 9.17) is 23.8 Å². The van der Waals surface area contributed by atoms with E-state index in [9.17, 15) is 0 Å². The zero-order valence-electron chi connectivity index (χ0n) is 7.89. The molecule has 1 aromatic rings. The molecule has 0 aliphatic heterocycles. The van der Waals surface area contributed by atoms with E-state index in [1.807, 2.05) is 12.1 Å². The average Bonchev–Trinajstić information content (AvgIpc) is 2.20. The van der Waals surface area contributed by atoms with Gasteiger partial charge in [0.25, 0.3) is 0 Å². The van der Waals surface area contributed by atoms with Gasteiger partial charge < -0.3 is 10.6 Å². The summed E-state index contributed by atoms with van der Waals surface area (Å²) in [5, 5.41) is 7.17. The number of rotatable bonds is 3. The van der Waals surface area contributed by atoms with E-state index in [1.54, 1.807) is 12.1 Å². The lowest BCUT2D eigenvalue weighted by molar-refractivity contribution is 1.06. The summed E-state index contributed by atoms with van der Waals surface area (Å²) < 4.78 is 0.861. The molecule has 0 saturated heterocycles. The van der Waals surface area contributed by atoms with E-state index in [2.05, 4.69) is 33.1 Å². The lowest BCUT2D eigenvalue weighted by Crippen LogP contribution is -2.28. The maximum absolute atomic E-state index is 5.93. The van der Waals surface area contributed by atoms with E-state index >= 15 is 0 Å². The molecule has 2 nitrogen and oxygen atoms in total. The third kappa shape index (κ3) is 4.20. The van der Waals surface area contributed by atoms with Crippen LogP contribution in [0.5, 0.6) is 0 Å². The lowest BCUT2D eigenvalue weighted by Gasteiger charge is -2.09. The zero-order chi connectivity index (χ0) is 11.3. The fourth-order valence-corrected chi connectivity index (χ4v) is 1.54. The first kappa shape index (κ1) is 12.5. The number of thiocarbonyl (C=S) groups is 1. The molecule has 0 bridgehead atoms. The molecule has 0 fully saturated rings. The van der Waals surface area contributed by atoms with E-state index in [0.29, 0.717) is 16.7 Å². The van der Waals surface area contributed by atoms with Crippen LogP contribution >= 0.6 is 39.7 Å². The van der Waals surface area contributed by atoms with Crippen LogP contribution in [0.15, 0.2) is 35.3 Å². The predicted molar refractivity (Wildman–Crippen MR) is 73.6 cm³/mol. The van der Waals surface area contributed by atoms with Gasteiger partial charge in [0, 0.05) is 16.7 Å². The summed E-state index contributed by atoms with van der Waals surface area (Å²) in [6.07, 6.45) is 1.74. The maximum atomic E-state index is 5.93. The van der Waals surface area contributed by atoms with Crippen molar-refractivity contribution < 1.29 is 0 Å². The number of hydrogen-bond acceptors (Lipinski definition) is 1. The van der Waals surface area contributed by atoms with Gasteiger partial charge in [0.15, 0.2) is 5.11 Å². The molecule has 0 unspecified atom stereocenters. The van der Waals surface area contributed by atoms with Gasteiger partial charge in [-0.15, -0.1) is 6.58 Å². The number of benzene rings is 1. The fourth-order valence-electron chi connectivity index (χ4n) is 0.914. The largest absolute Gasteiger partial charge is 0.359 e. The number of hydrogen-bond donors (Lipinski definition) is 2. The van der Waals surface area contributed by atoms with Crippen LogP contribution in [-0.2, 0) is 0 Å². The van der Waals surface area contributed by atoms with Gasteiger partial charge >= 0.3 is 0 Å². The Morgan fingerprint density at radius 1 is 1.60 bits per heavy atom. The van der Waals surface area contributed by atoms with E-state index in [-0.39, 0.29) is 0 Å². The summed E-state index contributed by atoms with van der Waals surface area (Å²) in [5.41, 5.74) is 0.852. The Hall–Kier alpha value is -0.580. The maximum Gasteiger partial charge on any atom is 0.171 e. The lowest BCUT2D eigenvalue weighted by atomic mass is 10.3. The normalized spacial score (nSPS) is 9.47. The molecule has 0 aromatic heterocycles. The summed E-state index contributed by atoms with van der Waals surface area (Å²) in [6.45, 7) is 4.22. The molecular formula is C10H10BrClN2S. The van der Waals surface area contributed by atoms with Gasteiger partial charge in [-0.25, -0.2) is 0 Å². The molecule has 0 spiro atoms. The van der Waals surface area contributed by atoms with E-state index in [0.717, 1.165) is 10.2 Å². The molecule has 5 heteroatoms. The van der Waals surface area contributed by atoms with Gasteiger partial charge in [0.2, 0.25) is 0 Å². The molecule has 1 rings (SSSR count). The summed E-state index contributed by atoms with van der Waals surface area (Å²) in [6, 6.07) is 5.55. The van der Waals surface area contributed by atoms with Gasteiger partial charge in [-0.05, 0) is 46.3 Å². The topological polar surface area (TPSA) is 24.1 Å². The van der Waals surface area contributed by atoms with Crippen LogP contribution in [0, 0.1) is 0 Å². The van der Waals surface area contributed by atoms with Crippen molar-refractivity contribution in [1.82, 2.24) is 5.32 Å².